The largest absolute Gasteiger partial charge is 0.480 e. The van der Waals surface area contributed by atoms with Gasteiger partial charge in [0.05, 0.1) is 26.0 Å². The molecule has 2 aromatic rings. The second-order valence-corrected chi connectivity index (χ2v) is 7.96. The minimum Gasteiger partial charge on any atom is -0.480 e. The van der Waals surface area contributed by atoms with Crippen LogP contribution in [0.15, 0.2) is 4.79 Å². The maximum Gasteiger partial charge on any atom is 0.261 e. The third-order valence-electron chi connectivity index (χ3n) is 5.52. The van der Waals surface area contributed by atoms with Gasteiger partial charge in [0.25, 0.3) is 5.56 Å². The molecule has 0 saturated carbocycles. The Bertz CT molecular complexity index is 973. The van der Waals surface area contributed by atoms with E-state index in [2.05, 4.69) is 9.97 Å². The first-order valence-corrected chi connectivity index (χ1v) is 10.9. The summed E-state index contributed by atoms with van der Waals surface area (Å²) in [6, 6.07) is 0. The standard InChI is InChI=1S/C21H26ClFN2O6/c1-27-21-17-16(18(23)19(22)25-21)12(10-30-14-6-2-4-8-28-14)13(24-20(17)26)11-31-15-7-3-5-9-29-15/h14-15H,2-11H2,1H3,(H,24,26). The molecule has 4 rings (SSSR count). The third kappa shape index (κ3) is 5.01. The van der Waals surface area contributed by atoms with Crippen molar-refractivity contribution in [2.45, 2.75) is 64.3 Å². The summed E-state index contributed by atoms with van der Waals surface area (Å²) in [5.41, 5.74) is 0.265. The lowest BCUT2D eigenvalue weighted by molar-refractivity contribution is -0.173. The van der Waals surface area contributed by atoms with Crippen LogP contribution in [0.3, 0.4) is 0 Å². The first-order chi connectivity index (χ1) is 15.1. The molecule has 0 bridgehead atoms. The lowest BCUT2D eigenvalue weighted by Gasteiger charge is -2.25. The zero-order valence-electron chi connectivity index (χ0n) is 17.4. The summed E-state index contributed by atoms with van der Waals surface area (Å²) >= 11 is 6.00. The number of nitrogens with zero attached hydrogens (tertiary/aromatic N) is 1. The molecule has 0 aromatic carbocycles. The van der Waals surface area contributed by atoms with Crippen LogP contribution >= 0.6 is 11.6 Å². The van der Waals surface area contributed by atoms with Gasteiger partial charge in [-0.25, -0.2) is 4.39 Å². The van der Waals surface area contributed by atoms with Crippen LogP contribution in [0.2, 0.25) is 5.15 Å². The van der Waals surface area contributed by atoms with Gasteiger partial charge in [0.2, 0.25) is 5.88 Å². The zero-order chi connectivity index (χ0) is 21.8. The maximum atomic E-state index is 15.1. The number of hydrogen-bond donors (Lipinski definition) is 1. The number of methoxy groups -OCH3 is 1. The van der Waals surface area contributed by atoms with Crippen molar-refractivity contribution in [1.82, 2.24) is 9.97 Å². The highest BCUT2D eigenvalue weighted by Crippen LogP contribution is 2.32. The molecule has 2 unspecified atom stereocenters. The molecule has 0 aliphatic carbocycles. The summed E-state index contributed by atoms with van der Waals surface area (Å²) in [5, 5.41) is -0.391. The molecule has 0 spiro atoms. The van der Waals surface area contributed by atoms with Gasteiger partial charge in [0, 0.05) is 24.2 Å². The summed E-state index contributed by atoms with van der Waals surface area (Å²) in [4.78, 5) is 19.4. The van der Waals surface area contributed by atoms with E-state index in [0.717, 1.165) is 38.5 Å². The van der Waals surface area contributed by atoms with Crippen molar-refractivity contribution >= 4 is 22.4 Å². The van der Waals surface area contributed by atoms with Crippen molar-refractivity contribution < 1.29 is 28.1 Å². The van der Waals surface area contributed by atoms with Crippen LogP contribution < -0.4 is 10.3 Å². The number of H-pyrrole nitrogens is 1. The van der Waals surface area contributed by atoms with Gasteiger partial charge in [-0.15, -0.1) is 0 Å². The summed E-state index contributed by atoms with van der Waals surface area (Å²) in [6.07, 6.45) is 4.70. The topological polar surface area (TPSA) is 91.9 Å². The quantitative estimate of drug-likeness (QED) is 0.633. The van der Waals surface area contributed by atoms with Crippen molar-refractivity contribution in [2.24, 2.45) is 0 Å². The van der Waals surface area contributed by atoms with Crippen molar-refractivity contribution in [1.29, 1.82) is 0 Å². The molecule has 2 aliphatic heterocycles. The predicted octanol–water partition coefficient (Wildman–Crippen LogP) is 3.81. The number of pyridine rings is 2. The molecular formula is C21H26ClFN2O6. The number of ether oxygens (including phenoxy) is 5. The second-order valence-electron chi connectivity index (χ2n) is 7.60. The molecule has 2 aromatic heterocycles. The van der Waals surface area contributed by atoms with Crippen molar-refractivity contribution in [3.63, 3.8) is 0 Å². The molecule has 170 valence electrons. The Labute approximate surface area is 183 Å². The average molecular weight is 457 g/mol. The molecule has 2 aliphatic rings. The van der Waals surface area contributed by atoms with E-state index in [9.17, 15) is 4.79 Å². The molecule has 31 heavy (non-hydrogen) atoms. The van der Waals surface area contributed by atoms with Crippen molar-refractivity contribution in [2.75, 3.05) is 20.3 Å². The fourth-order valence-electron chi connectivity index (χ4n) is 3.90. The van der Waals surface area contributed by atoms with E-state index in [-0.39, 0.29) is 41.3 Å². The molecule has 0 amide bonds. The summed E-state index contributed by atoms with van der Waals surface area (Å²) < 4.78 is 43.3. The normalized spacial score (nSPS) is 22.0. The van der Waals surface area contributed by atoms with E-state index in [1.807, 2.05) is 0 Å². The molecule has 1 N–H and O–H groups in total. The van der Waals surface area contributed by atoms with Gasteiger partial charge in [0.15, 0.2) is 23.6 Å². The summed E-state index contributed by atoms with van der Waals surface area (Å²) in [6.45, 7) is 1.27. The Morgan fingerprint density at radius 3 is 2.29 bits per heavy atom. The van der Waals surface area contributed by atoms with Crippen LogP contribution in [0, 0.1) is 5.82 Å². The number of aromatic nitrogens is 2. The molecule has 0 radical (unpaired) electrons. The fourth-order valence-corrected chi connectivity index (χ4v) is 4.07. The molecule has 2 saturated heterocycles. The predicted molar refractivity (Wildman–Crippen MR) is 111 cm³/mol. The van der Waals surface area contributed by atoms with E-state index < -0.39 is 17.7 Å². The Morgan fingerprint density at radius 1 is 1.06 bits per heavy atom. The molecule has 10 heteroatoms. The zero-order valence-corrected chi connectivity index (χ0v) is 18.1. The van der Waals surface area contributed by atoms with E-state index in [1.165, 1.54) is 7.11 Å². The summed E-state index contributed by atoms with van der Waals surface area (Å²) in [5.74, 6) is -0.859. The van der Waals surface area contributed by atoms with Crippen LogP contribution in [0.25, 0.3) is 10.8 Å². The number of fused-ring (bicyclic) bond motifs is 1. The molecule has 8 nitrogen and oxygen atoms in total. The minimum atomic E-state index is -0.804. The first-order valence-electron chi connectivity index (χ1n) is 10.5. The third-order valence-corrected chi connectivity index (χ3v) is 5.77. The number of hydrogen-bond acceptors (Lipinski definition) is 7. The molecule has 4 heterocycles. The van der Waals surface area contributed by atoms with E-state index >= 15 is 4.39 Å². The van der Waals surface area contributed by atoms with Gasteiger partial charge >= 0.3 is 0 Å². The van der Waals surface area contributed by atoms with Gasteiger partial charge in [-0.05, 0) is 38.5 Å². The SMILES string of the molecule is COc1nc(Cl)c(F)c2c(COC3CCCCO3)c(COC3CCCCO3)[nH]c(=O)c12. The summed E-state index contributed by atoms with van der Waals surface area (Å²) in [7, 11) is 1.35. The fraction of sp³-hybridized carbons (Fsp3) is 0.619. The Hall–Kier alpha value is -1.78. The van der Waals surface area contributed by atoms with Gasteiger partial charge < -0.3 is 28.7 Å². The smallest absolute Gasteiger partial charge is 0.261 e. The Kier molecular flexibility index (Phi) is 7.39. The highest BCUT2D eigenvalue weighted by atomic mass is 35.5. The highest BCUT2D eigenvalue weighted by molar-refractivity contribution is 6.30. The average Bonchev–Trinajstić information content (AvgIpc) is 2.80. The molecular weight excluding hydrogens is 431 g/mol. The Balaban J connectivity index is 1.72. The van der Waals surface area contributed by atoms with Crippen LogP contribution in [0.1, 0.15) is 49.8 Å². The van der Waals surface area contributed by atoms with Gasteiger partial charge in [-0.2, -0.15) is 4.98 Å². The van der Waals surface area contributed by atoms with Crippen molar-refractivity contribution in [3.05, 3.63) is 32.6 Å². The van der Waals surface area contributed by atoms with Gasteiger partial charge in [0.1, 0.15) is 5.39 Å². The van der Waals surface area contributed by atoms with E-state index in [4.69, 9.17) is 35.3 Å². The Morgan fingerprint density at radius 2 is 1.71 bits per heavy atom. The van der Waals surface area contributed by atoms with Gasteiger partial charge in [-0.1, -0.05) is 11.6 Å². The van der Waals surface area contributed by atoms with Crippen LogP contribution in [-0.2, 0) is 32.2 Å². The second kappa shape index (κ2) is 10.2. The number of nitrogens with one attached hydrogen (secondary N) is 1. The van der Waals surface area contributed by atoms with Crippen LogP contribution in [0.4, 0.5) is 4.39 Å². The maximum absolute atomic E-state index is 15.1. The minimum absolute atomic E-state index is 0.00256. The molecule has 2 atom stereocenters. The van der Waals surface area contributed by atoms with Crippen LogP contribution in [0.5, 0.6) is 5.88 Å². The van der Waals surface area contributed by atoms with E-state index in [0.29, 0.717) is 24.5 Å². The lowest BCUT2D eigenvalue weighted by atomic mass is 10.1. The number of aromatic amines is 1. The monoisotopic (exact) mass is 456 g/mol. The van der Waals surface area contributed by atoms with Crippen LogP contribution in [-0.4, -0.2) is 42.9 Å². The lowest BCUT2D eigenvalue weighted by Crippen LogP contribution is -2.25. The van der Waals surface area contributed by atoms with E-state index in [1.54, 1.807) is 0 Å². The van der Waals surface area contributed by atoms with Crippen molar-refractivity contribution in [3.8, 4) is 5.88 Å². The number of halogens is 2. The number of rotatable bonds is 7. The first kappa shape index (κ1) is 22.4. The highest BCUT2D eigenvalue weighted by Gasteiger charge is 2.25. The van der Waals surface area contributed by atoms with Gasteiger partial charge in [-0.3, -0.25) is 4.79 Å². The molecule has 2 fully saturated rings.